The third kappa shape index (κ3) is 2.47. The van der Waals surface area contributed by atoms with Gasteiger partial charge in [-0.1, -0.05) is 6.07 Å². The minimum Gasteiger partial charge on any atom is -0.399 e. The molecule has 4 rings (SSSR count). The van der Waals surface area contributed by atoms with Crippen LogP contribution in [0.1, 0.15) is 49.3 Å². The Bertz CT molecular complexity index is 513. The van der Waals surface area contributed by atoms with Crippen LogP contribution in [0.5, 0.6) is 0 Å². The zero-order valence-corrected chi connectivity index (χ0v) is 13.0. The fraction of sp³-hybridized carbons (Fsp3) is 0.667. The number of hydrogen-bond donors (Lipinski definition) is 2. The maximum absolute atomic E-state index is 5.89. The molecule has 0 spiro atoms. The number of anilines is 1. The molecule has 21 heavy (non-hydrogen) atoms. The Morgan fingerprint density at radius 3 is 2.71 bits per heavy atom. The van der Waals surface area contributed by atoms with Crippen molar-refractivity contribution in [3.8, 4) is 0 Å². The average molecular weight is 285 g/mol. The lowest BCUT2D eigenvalue weighted by molar-refractivity contribution is 0.131. The smallest absolute Gasteiger partial charge is 0.0326 e. The standard InChI is InChI=1S/C18H27N3/c1-21-15-4-5-16(21)9-12(8-15)11-20-18-7-2-13-10-14(19)3-6-17(13)18/h3,6,10,12,15-16,18,20H,2,4-5,7-9,11,19H2,1H3. The van der Waals surface area contributed by atoms with E-state index in [0.29, 0.717) is 6.04 Å². The quantitative estimate of drug-likeness (QED) is 0.839. The molecule has 3 heteroatoms. The third-order valence-electron chi connectivity index (χ3n) is 6.09. The van der Waals surface area contributed by atoms with Gasteiger partial charge in [-0.25, -0.2) is 0 Å². The van der Waals surface area contributed by atoms with Crippen LogP contribution < -0.4 is 11.1 Å². The van der Waals surface area contributed by atoms with E-state index in [1.54, 1.807) is 0 Å². The zero-order valence-electron chi connectivity index (χ0n) is 13.0. The Balaban J connectivity index is 1.37. The van der Waals surface area contributed by atoms with E-state index in [-0.39, 0.29) is 0 Å². The number of rotatable bonds is 3. The minimum atomic E-state index is 0.554. The molecule has 2 saturated heterocycles. The summed E-state index contributed by atoms with van der Waals surface area (Å²) in [7, 11) is 2.32. The van der Waals surface area contributed by atoms with E-state index in [4.69, 9.17) is 5.73 Å². The first kappa shape index (κ1) is 13.6. The SMILES string of the molecule is CN1C2CCC1CC(CNC1CCc3cc(N)ccc31)C2. The lowest BCUT2D eigenvalue weighted by Gasteiger charge is -2.36. The predicted octanol–water partition coefficient (Wildman–Crippen LogP) is 2.72. The van der Waals surface area contributed by atoms with Gasteiger partial charge in [-0.3, -0.25) is 0 Å². The molecular weight excluding hydrogens is 258 g/mol. The molecule has 114 valence electrons. The molecule has 0 radical (unpaired) electrons. The third-order valence-corrected chi connectivity index (χ3v) is 6.09. The van der Waals surface area contributed by atoms with Crippen molar-refractivity contribution in [2.75, 3.05) is 19.3 Å². The van der Waals surface area contributed by atoms with Crippen molar-refractivity contribution in [2.45, 2.75) is 56.7 Å². The number of fused-ring (bicyclic) bond motifs is 3. The van der Waals surface area contributed by atoms with E-state index in [0.717, 1.165) is 23.7 Å². The van der Waals surface area contributed by atoms with E-state index < -0.39 is 0 Å². The van der Waals surface area contributed by atoms with Gasteiger partial charge in [-0.05, 0) is 81.3 Å². The summed E-state index contributed by atoms with van der Waals surface area (Å²) in [6.07, 6.45) is 8.03. The van der Waals surface area contributed by atoms with Crippen LogP contribution in [0.4, 0.5) is 5.69 Å². The second kappa shape index (κ2) is 5.29. The molecule has 3 unspecified atom stereocenters. The lowest BCUT2D eigenvalue weighted by atomic mass is 9.90. The van der Waals surface area contributed by atoms with E-state index in [9.17, 15) is 0 Å². The molecule has 3 atom stereocenters. The molecule has 2 bridgehead atoms. The number of nitrogens with one attached hydrogen (secondary N) is 1. The van der Waals surface area contributed by atoms with E-state index in [1.165, 1.54) is 56.2 Å². The summed E-state index contributed by atoms with van der Waals surface area (Å²) in [5.74, 6) is 0.872. The van der Waals surface area contributed by atoms with Crippen LogP contribution in [-0.4, -0.2) is 30.6 Å². The van der Waals surface area contributed by atoms with E-state index in [2.05, 4.69) is 35.5 Å². The second-order valence-electron chi connectivity index (χ2n) is 7.35. The van der Waals surface area contributed by atoms with Gasteiger partial charge < -0.3 is 16.0 Å². The van der Waals surface area contributed by atoms with Crippen LogP contribution in [0.2, 0.25) is 0 Å². The fourth-order valence-corrected chi connectivity index (χ4v) is 4.85. The maximum atomic E-state index is 5.89. The van der Waals surface area contributed by atoms with Gasteiger partial charge in [-0.15, -0.1) is 0 Å². The molecule has 0 saturated carbocycles. The number of nitrogens with zero attached hydrogens (tertiary/aromatic N) is 1. The van der Waals surface area contributed by atoms with Crippen molar-refractivity contribution >= 4 is 5.69 Å². The van der Waals surface area contributed by atoms with E-state index in [1.807, 2.05) is 0 Å². The van der Waals surface area contributed by atoms with Crippen molar-refractivity contribution in [2.24, 2.45) is 5.92 Å². The van der Waals surface area contributed by atoms with Gasteiger partial charge in [0.1, 0.15) is 0 Å². The summed E-state index contributed by atoms with van der Waals surface area (Å²) in [5.41, 5.74) is 9.74. The Morgan fingerprint density at radius 1 is 1.19 bits per heavy atom. The number of aryl methyl sites for hydroxylation is 1. The molecule has 2 heterocycles. The highest BCUT2D eigenvalue weighted by Crippen LogP contribution is 2.38. The van der Waals surface area contributed by atoms with Crippen LogP contribution in [0.25, 0.3) is 0 Å². The van der Waals surface area contributed by atoms with Crippen molar-refractivity contribution in [3.05, 3.63) is 29.3 Å². The van der Waals surface area contributed by atoms with Gasteiger partial charge >= 0.3 is 0 Å². The minimum absolute atomic E-state index is 0.554. The molecule has 2 fully saturated rings. The first-order chi connectivity index (χ1) is 10.2. The first-order valence-electron chi connectivity index (χ1n) is 8.54. The predicted molar refractivity (Wildman–Crippen MR) is 87.2 cm³/mol. The Kier molecular flexibility index (Phi) is 3.43. The Labute approximate surface area is 127 Å². The van der Waals surface area contributed by atoms with Gasteiger partial charge in [0.2, 0.25) is 0 Å². The molecule has 1 aromatic carbocycles. The Hall–Kier alpha value is -1.06. The largest absolute Gasteiger partial charge is 0.399 e. The number of nitrogens with two attached hydrogens (primary N) is 1. The van der Waals surface area contributed by atoms with E-state index >= 15 is 0 Å². The summed E-state index contributed by atoms with van der Waals surface area (Å²) < 4.78 is 0. The Morgan fingerprint density at radius 2 is 1.95 bits per heavy atom. The normalized spacial score (nSPS) is 35.1. The fourth-order valence-electron chi connectivity index (χ4n) is 4.85. The van der Waals surface area contributed by atoms with Gasteiger partial charge in [0, 0.05) is 23.8 Å². The van der Waals surface area contributed by atoms with Gasteiger partial charge in [0.05, 0.1) is 0 Å². The molecule has 2 aliphatic heterocycles. The summed E-state index contributed by atoms with van der Waals surface area (Å²) in [6.45, 7) is 1.19. The first-order valence-corrected chi connectivity index (χ1v) is 8.54. The van der Waals surface area contributed by atoms with Gasteiger partial charge in [0.25, 0.3) is 0 Å². The van der Waals surface area contributed by atoms with Crippen LogP contribution in [0, 0.1) is 5.92 Å². The van der Waals surface area contributed by atoms with Gasteiger partial charge in [-0.2, -0.15) is 0 Å². The zero-order chi connectivity index (χ0) is 14.4. The van der Waals surface area contributed by atoms with Crippen LogP contribution >= 0.6 is 0 Å². The topological polar surface area (TPSA) is 41.3 Å². The monoisotopic (exact) mass is 285 g/mol. The van der Waals surface area contributed by atoms with Crippen LogP contribution in [0.3, 0.4) is 0 Å². The van der Waals surface area contributed by atoms with Crippen LogP contribution in [-0.2, 0) is 6.42 Å². The number of piperidine rings is 1. The number of hydrogen-bond acceptors (Lipinski definition) is 3. The summed E-state index contributed by atoms with van der Waals surface area (Å²) in [4.78, 5) is 2.63. The van der Waals surface area contributed by atoms with Crippen molar-refractivity contribution in [1.29, 1.82) is 0 Å². The maximum Gasteiger partial charge on any atom is 0.0326 e. The highest BCUT2D eigenvalue weighted by Gasteiger charge is 2.38. The van der Waals surface area contributed by atoms with Crippen LogP contribution in [0.15, 0.2) is 18.2 Å². The summed E-state index contributed by atoms with van der Waals surface area (Å²) in [6, 6.07) is 8.70. The number of benzene rings is 1. The number of nitrogen functional groups attached to an aromatic ring is 1. The average Bonchev–Trinajstić information content (AvgIpc) is 2.93. The highest BCUT2D eigenvalue weighted by atomic mass is 15.2. The van der Waals surface area contributed by atoms with Gasteiger partial charge in [0.15, 0.2) is 0 Å². The molecule has 1 aromatic rings. The molecular formula is C18H27N3. The van der Waals surface area contributed by atoms with Crippen molar-refractivity contribution in [1.82, 2.24) is 10.2 Å². The summed E-state index contributed by atoms with van der Waals surface area (Å²) in [5, 5.41) is 3.85. The van der Waals surface area contributed by atoms with Crippen molar-refractivity contribution in [3.63, 3.8) is 0 Å². The molecule has 0 amide bonds. The molecule has 3 nitrogen and oxygen atoms in total. The molecule has 3 N–H and O–H groups in total. The molecule has 3 aliphatic rings. The highest BCUT2D eigenvalue weighted by molar-refractivity contribution is 5.47. The summed E-state index contributed by atoms with van der Waals surface area (Å²) >= 11 is 0. The van der Waals surface area contributed by atoms with Crippen molar-refractivity contribution < 1.29 is 0 Å². The lowest BCUT2D eigenvalue weighted by Crippen LogP contribution is -2.42. The molecule has 1 aliphatic carbocycles. The second-order valence-corrected chi connectivity index (χ2v) is 7.35. The molecule has 0 aromatic heterocycles.